The first-order valence-corrected chi connectivity index (χ1v) is 5.07. The third kappa shape index (κ3) is 2.58. The molecule has 16 heavy (non-hydrogen) atoms. The Morgan fingerprint density at radius 3 is 2.56 bits per heavy atom. The molecule has 0 aliphatic heterocycles. The second-order valence-electron chi connectivity index (χ2n) is 3.09. The summed E-state index contributed by atoms with van der Waals surface area (Å²) in [6.07, 6.45) is 4.42. The van der Waals surface area contributed by atoms with Crippen LogP contribution in [0.2, 0.25) is 0 Å². The Bertz CT molecular complexity index is 484. The minimum atomic E-state index is -0.278. The van der Waals surface area contributed by atoms with Crippen LogP contribution in [0.5, 0.6) is 0 Å². The molecule has 1 N–H and O–H groups in total. The van der Waals surface area contributed by atoms with Crippen molar-refractivity contribution in [1.29, 1.82) is 0 Å². The molecular formula is C11H9N3OS. The molecule has 4 nitrogen and oxygen atoms in total. The molecule has 0 spiro atoms. The smallest absolute Gasteiger partial charge is 0.275 e. The van der Waals surface area contributed by atoms with Crippen molar-refractivity contribution in [3.63, 3.8) is 0 Å². The van der Waals surface area contributed by atoms with Gasteiger partial charge in [0.05, 0.1) is 6.20 Å². The zero-order valence-electron chi connectivity index (χ0n) is 8.29. The Morgan fingerprint density at radius 2 is 1.94 bits per heavy atom. The number of carbonyl (C=O) groups is 1. The van der Waals surface area contributed by atoms with Gasteiger partial charge in [0.25, 0.3) is 5.91 Å². The van der Waals surface area contributed by atoms with E-state index in [0.717, 1.165) is 4.90 Å². The molecule has 2 rings (SSSR count). The number of carbonyl (C=O) groups excluding carboxylic acids is 1. The maximum atomic E-state index is 11.7. The molecule has 0 aliphatic rings. The molecule has 0 atom stereocenters. The lowest BCUT2D eigenvalue weighted by Gasteiger charge is -2.03. The summed E-state index contributed by atoms with van der Waals surface area (Å²) >= 11 is 4.16. The number of amides is 1. The van der Waals surface area contributed by atoms with Gasteiger partial charge in [-0.25, -0.2) is 4.98 Å². The predicted octanol–water partition coefficient (Wildman–Crippen LogP) is 2.02. The summed E-state index contributed by atoms with van der Waals surface area (Å²) in [5.41, 5.74) is 0.992. The number of hydrogen-bond acceptors (Lipinski definition) is 4. The monoisotopic (exact) mass is 231 g/mol. The zero-order valence-corrected chi connectivity index (χ0v) is 9.19. The Kier molecular flexibility index (Phi) is 3.16. The molecule has 5 heteroatoms. The molecule has 0 saturated carbocycles. The average Bonchev–Trinajstić information content (AvgIpc) is 2.33. The summed E-state index contributed by atoms with van der Waals surface area (Å²) in [6, 6.07) is 7.15. The van der Waals surface area contributed by atoms with Crippen molar-refractivity contribution in [2.75, 3.05) is 5.32 Å². The molecule has 0 aliphatic carbocycles. The summed E-state index contributed by atoms with van der Waals surface area (Å²) < 4.78 is 0. The van der Waals surface area contributed by atoms with Crippen LogP contribution in [-0.4, -0.2) is 15.9 Å². The van der Waals surface area contributed by atoms with Crippen LogP contribution in [0.1, 0.15) is 10.5 Å². The third-order valence-corrected chi connectivity index (χ3v) is 2.22. The Balaban J connectivity index is 2.11. The third-order valence-electron chi connectivity index (χ3n) is 1.92. The van der Waals surface area contributed by atoms with Crippen molar-refractivity contribution in [2.45, 2.75) is 4.90 Å². The first-order valence-electron chi connectivity index (χ1n) is 4.62. The quantitative estimate of drug-likeness (QED) is 0.777. The highest BCUT2D eigenvalue weighted by Crippen LogP contribution is 2.12. The normalized spacial score (nSPS) is 9.81. The van der Waals surface area contributed by atoms with Crippen LogP contribution in [0.3, 0.4) is 0 Å². The fourth-order valence-electron chi connectivity index (χ4n) is 1.16. The van der Waals surface area contributed by atoms with Crippen LogP contribution in [0.4, 0.5) is 5.69 Å². The maximum absolute atomic E-state index is 11.7. The van der Waals surface area contributed by atoms with Crippen molar-refractivity contribution in [2.24, 2.45) is 0 Å². The highest BCUT2D eigenvalue weighted by molar-refractivity contribution is 7.80. The van der Waals surface area contributed by atoms with Crippen molar-refractivity contribution in [3.05, 3.63) is 48.5 Å². The van der Waals surface area contributed by atoms with Gasteiger partial charge in [0.1, 0.15) is 5.69 Å². The van der Waals surface area contributed by atoms with Crippen LogP contribution in [-0.2, 0) is 0 Å². The summed E-state index contributed by atoms with van der Waals surface area (Å²) in [7, 11) is 0. The number of aromatic nitrogens is 2. The highest BCUT2D eigenvalue weighted by atomic mass is 32.1. The highest BCUT2D eigenvalue weighted by Gasteiger charge is 2.06. The SMILES string of the molecule is O=C(Nc1ccc(S)cc1)c1cnccn1. The lowest BCUT2D eigenvalue weighted by Crippen LogP contribution is -2.13. The molecule has 0 saturated heterocycles. The number of benzene rings is 1. The molecule has 1 aromatic heterocycles. The van der Waals surface area contributed by atoms with Gasteiger partial charge in [-0.2, -0.15) is 0 Å². The Labute approximate surface area is 98.2 Å². The van der Waals surface area contributed by atoms with Gasteiger partial charge in [-0.3, -0.25) is 9.78 Å². The molecule has 0 fully saturated rings. The van der Waals surface area contributed by atoms with E-state index < -0.39 is 0 Å². The minimum absolute atomic E-state index is 0.278. The molecule has 1 aromatic carbocycles. The first-order chi connectivity index (χ1) is 7.75. The van der Waals surface area contributed by atoms with E-state index in [1.165, 1.54) is 18.6 Å². The number of nitrogens with zero attached hydrogens (tertiary/aromatic N) is 2. The van der Waals surface area contributed by atoms with E-state index >= 15 is 0 Å². The maximum Gasteiger partial charge on any atom is 0.275 e. The second kappa shape index (κ2) is 4.76. The second-order valence-corrected chi connectivity index (χ2v) is 3.61. The average molecular weight is 231 g/mol. The van der Waals surface area contributed by atoms with Gasteiger partial charge >= 0.3 is 0 Å². The summed E-state index contributed by atoms with van der Waals surface area (Å²) in [6.45, 7) is 0. The van der Waals surface area contributed by atoms with E-state index in [2.05, 4.69) is 27.9 Å². The first kappa shape index (κ1) is 10.6. The number of hydrogen-bond donors (Lipinski definition) is 2. The van der Waals surface area contributed by atoms with E-state index in [9.17, 15) is 4.79 Å². The fourth-order valence-corrected chi connectivity index (χ4v) is 1.31. The van der Waals surface area contributed by atoms with E-state index in [0.29, 0.717) is 5.69 Å². The van der Waals surface area contributed by atoms with Gasteiger partial charge in [0.15, 0.2) is 0 Å². The van der Waals surface area contributed by atoms with Crippen LogP contribution >= 0.6 is 12.6 Å². The Morgan fingerprint density at radius 1 is 1.19 bits per heavy atom. The van der Waals surface area contributed by atoms with Crippen molar-refractivity contribution >= 4 is 24.2 Å². The van der Waals surface area contributed by atoms with Crippen molar-refractivity contribution in [3.8, 4) is 0 Å². The molecule has 0 unspecified atom stereocenters. The number of anilines is 1. The van der Waals surface area contributed by atoms with Crippen LogP contribution in [0.25, 0.3) is 0 Å². The Hall–Kier alpha value is -1.88. The van der Waals surface area contributed by atoms with Gasteiger partial charge in [0.2, 0.25) is 0 Å². The van der Waals surface area contributed by atoms with Crippen LogP contribution in [0.15, 0.2) is 47.8 Å². The van der Waals surface area contributed by atoms with E-state index in [4.69, 9.17) is 0 Å². The van der Waals surface area contributed by atoms with E-state index in [1.807, 2.05) is 0 Å². The van der Waals surface area contributed by atoms with E-state index in [1.54, 1.807) is 24.3 Å². The van der Waals surface area contributed by atoms with Crippen LogP contribution in [0, 0.1) is 0 Å². The lowest BCUT2D eigenvalue weighted by atomic mass is 10.3. The van der Waals surface area contributed by atoms with Crippen molar-refractivity contribution < 1.29 is 4.79 Å². The van der Waals surface area contributed by atoms with Crippen LogP contribution < -0.4 is 5.32 Å². The summed E-state index contributed by atoms with van der Waals surface area (Å²) in [5.74, 6) is -0.278. The summed E-state index contributed by atoms with van der Waals surface area (Å²) in [5, 5.41) is 2.71. The topological polar surface area (TPSA) is 54.9 Å². The van der Waals surface area contributed by atoms with E-state index in [-0.39, 0.29) is 11.6 Å². The standard InChI is InChI=1S/C11H9N3OS/c15-11(10-7-12-5-6-13-10)14-8-1-3-9(16)4-2-8/h1-7,16H,(H,14,15). The number of thiol groups is 1. The van der Waals surface area contributed by atoms with Gasteiger partial charge in [-0.1, -0.05) is 0 Å². The predicted molar refractivity (Wildman–Crippen MR) is 63.7 cm³/mol. The van der Waals surface area contributed by atoms with Gasteiger partial charge in [-0.15, -0.1) is 12.6 Å². The lowest BCUT2D eigenvalue weighted by molar-refractivity contribution is 0.102. The molecular weight excluding hydrogens is 222 g/mol. The van der Waals surface area contributed by atoms with Gasteiger partial charge in [0, 0.05) is 23.0 Å². The molecule has 0 bridgehead atoms. The number of nitrogens with one attached hydrogen (secondary N) is 1. The molecule has 0 radical (unpaired) electrons. The molecule has 80 valence electrons. The zero-order chi connectivity index (χ0) is 11.4. The largest absolute Gasteiger partial charge is 0.321 e. The fraction of sp³-hybridized carbons (Fsp3) is 0. The van der Waals surface area contributed by atoms with Crippen molar-refractivity contribution in [1.82, 2.24) is 9.97 Å². The molecule has 1 heterocycles. The summed E-state index contributed by atoms with van der Waals surface area (Å²) in [4.78, 5) is 20.2. The number of rotatable bonds is 2. The van der Waals surface area contributed by atoms with Gasteiger partial charge < -0.3 is 5.32 Å². The molecule has 2 aromatic rings. The van der Waals surface area contributed by atoms with Gasteiger partial charge in [-0.05, 0) is 24.3 Å². The molecule has 1 amide bonds. The minimum Gasteiger partial charge on any atom is -0.321 e.